The topological polar surface area (TPSA) is 76.6 Å². The van der Waals surface area contributed by atoms with Crippen LogP contribution < -0.4 is 5.69 Å². The van der Waals surface area contributed by atoms with Crippen LogP contribution in [0.5, 0.6) is 0 Å². The van der Waals surface area contributed by atoms with Gasteiger partial charge in [0, 0.05) is 20.2 Å². The highest BCUT2D eigenvalue weighted by Gasteiger charge is 2.37. The molecule has 1 aromatic carbocycles. The van der Waals surface area contributed by atoms with Gasteiger partial charge in [0.2, 0.25) is 0 Å². The molecule has 2 fully saturated rings. The summed E-state index contributed by atoms with van der Waals surface area (Å²) in [6.07, 6.45) is 0.246. The van der Waals surface area contributed by atoms with Crippen molar-refractivity contribution >= 4 is 17.1 Å². The van der Waals surface area contributed by atoms with Gasteiger partial charge in [-0.25, -0.2) is 14.0 Å². The van der Waals surface area contributed by atoms with E-state index in [9.17, 15) is 14.0 Å². The average Bonchev–Trinajstić information content (AvgIpc) is 2.94. The highest BCUT2D eigenvalue weighted by molar-refractivity contribution is 5.79. The number of likely N-dealkylation sites (tertiary alicyclic amines) is 1. The molecule has 0 bridgehead atoms. The van der Waals surface area contributed by atoms with E-state index in [1.54, 1.807) is 32.4 Å². The van der Waals surface area contributed by atoms with Crippen LogP contribution in [-0.2, 0) is 16.5 Å². The summed E-state index contributed by atoms with van der Waals surface area (Å²) in [7, 11) is 1.79. The Morgan fingerprint density at radius 3 is 2.71 bits per heavy atom. The molecule has 1 aliphatic heterocycles. The van der Waals surface area contributed by atoms with E-state index in [0.717, 1.165) is 23.9 Å². The van der Waals surface area contributed by atoms with Crippen molar-refractivity contribution < 1.29 is 18.7 Å². The molecule has 0 radical (unpaired) electrons. The zero-order chi connectivity index (χ0) is 22.3. The van der Waals surface area contributed by atoms with Gasteiger partial charge >= 0.3 is 11.8 Å². The molecule has 1 aliphatic carbocycles. The number of nitrogens with zero attached hydrogens (tertiary/aromatic N) is 2. The maximum Gasteiger partial charge on any atom is 0.410 e. The lowest BCUT2D eigenvalue weighted by atomic mass is 9.71. The summed E-state index contributed by atoms with van der Waals surface area (Å²) < 4.78 is 27.5. The summed E-state index contributed by atoms with van der Waals surface area (Å²) in [4.78, 5) is 28.4. The molecular weight excluding hydrogens is 401 g/mol. The van der Waals surface area contributed by atoms with E-state index in [2.05, 4.69) is 11.1 Å². The zero-order valence-electron chi connectivity index (χ0n) is 18.7. The summed E-state index contributed by atoms with van der Waals surface area (Å²) in [6, 6.07) is 5.98. The first-order valence-corrected chi connectivity index (χ1v) is 11.0. The van der Waals surface area contributed by atoms with Crippen molar-refractivity contribution in [2.45, 2.75) is 63.8 Å². The number of aryl methyl sites for hydroxylation is 1. The third kappa shape index (κ3) is 4.63. The molecule has 1 amide bonds. The van der Waals surface area contributed by atoms with E-state index < -0.39 is 24.0 Å². The van der Waals surface area contributed by atoms with Crippen molar-refractivity contribution in [1.82, 2.24) is 14.5 Å². The van der Waals surface area contributed by atoms with Crippen molar-refractivity contribution in [2.75, 3.05) is 19.7 Å². The number of halogens is 1. The van der Waals surface area contributed by atoms with Gasteiger partial charge in [0.05, 0.1) is 23.7 Å². The van der Waals surface area contributed by atoms with Gasteiger partial charge < -0.3 is 19.4 Å². The fourth-order valence-electron chi connectivity index (χ4n) is 4.62. The second-order valence-electron chi connectivity index (χ2n) is 9.87. The van der Waals surface area contributed by atoms with E-state index in [0.29, 0.717) is 31.4 Å². The molecule has 0 spiro atoms. The molecule has 2 heterocycles. The number of imidazole rings is 1. The Labute approximate surface area is 181 Å². The number of amides is 1. The number of rotatable bonds is 4. The molecule has 1 saturated heterocycles. The fourth-order valence-corrected chi connectivity index (χ4v) is 4.62. The number of carbonyl (C=O) groups excluding carboxylic acids is 1. The van der Waals surface area contributed by atoms with Gasteiger partial charge in [-0.05, 0) is 63.5 Å². The largest absolute Gasteiger partial charge is 0.444 e. The molecule has 1 N–H and O–H groups in total. The number of piperidine rings is 1. The summed E-state index contributed by atoms with van der Waals surface area (Å²) in [5, 5.41) is 0. The first kappa shape index (κ1) is 21.9. The smallest absolute Gasteiger partial charge is 0.410 e. The van der Waals surface area contributed by atoms with Gasteiger partial charge in [-0.2, -0.15) is 0 Å². The molecule has 4 rings (SSSR count). The number of carbonyl (C=O) groups is 1. The van der Waals surface area contributed by atoms with Crippen LogP contribution in [0.15, 0.2) is 23.0 Å². The molecule has 8 heteroatoms. The van der Waals surface area contributed by atoms with Crippen LogP contribution in [0.25, 0.3) is 11.0 Å². The predicted octanol–water partition coefficient (Wildman–Crippen LogP) is 3.72. The summed E-state index contributed by atoms with van der Waals surface area (Å²) in [5.41, 5.74) is 2.32. The number of hydrogen-bond donors (Lipinski definition) is 1. The third-order valence-electron chi connectivity index (χ3n) is 6.30. The normalized spacial score (nSPS) is 26.7. The summed E-state index contributed by atoms with van der Waals surface area (Å²) in [6.45, 7) is 6.38. The van der Waals surface area contributed by atoms with Gasteiger partial charge in [0.25, 0.3) is 0 Å². The standard InChI is InChI=1S/C23H32FN3O4/c1-23(2,3)31-22(29)27-9-8-19(17(24)12-27)30-13-14-10-15(11-14)16-6-5-7-18-20(16)26(4)21(28)25-18/h5-7,14-15,17,19H,8-13H2,1-4H3,(H,25,28)/t14-,15-,17-,19-/m0/s1. The number of aromatic nitrogens is 2. The number of fused-ring (bicyclic) bond motifs is 1. The maximum atomic E-state index is 14.6. The lowest BCUT2D eigenvalue weighted by Gasteiger charge is -2.39. The second kappa shape index (κ2) is 8.30. The third-order valence-corrected chi connectivity index (χ3v) is 6.30. The van der Waals surface area contributed by atoms with Crippen molar-refractivity contribution in [1.29, 1.82) is 0 Å². The molecule has 1 saturated carbocycles. The molecule has 170 valence electrons. The zero-order valence-corrected chi connectivity index (χ0v) is 18.7. The Balaban J connectivity index is 1.26. The number of H-pyrrole nitrogens is 1. The lowest BCUT2D eigenvalue weighted by molar-refractivity contribution is -0.0693. The Hall–Kier alpha value is -2.35. The monoisotopic (exact) mass is 433 g/mol. The van der Waals surface area contributed by atoms with Crippen LogP contribution in [0.2, 0.25) is 0 Å². The minimum atomic E-state index is -1.21. The Bertz CT molecular complexity index is 1000. The molecule has 31 heavy (non-hydrogen) atoms. The second-order valence-corrected chi connectivity index (χ2v) is 9.87. The van der Waals surface area contributed by atoms with Gasteiger partial charge in [0.15, 0.2) is 0 Å². The quantitative estimate of drug-likeness (QED) is 0.797. The maximum absolute atomic E-state index is 14.6. The highest BCUT2D eigenvalue weighted by atomic mass is 19.1. The Morgan fingerprint density at radius 2 is 2.03 bits per heavy atom. The minimum Gasteiger partial charge on any atom is -0.444 e. The Kier molecular flexibility index (Phi) is 5.85. The van der Waals surface area contributed by atoms with Crippen LogP contribution in [-0.4, -0.2) is 58.1 Å². The van der Waals surface area contributed by atoms with E-state index in [1.807, 2.05) is 12.1 Å². The van der Waals surface area contributed by atoms with Crippen LogP contribution >= 0.6 is 0 Å². The number of para-hydroxylation sites is 1. The number of ether oxygens (including phenoxy) is 2. The molecular formula is C23H32FN3O4. The Morgan fingerprint density at radius 1 is 1.29 bits per heavy atom. The minimum absolute atomic E-state index is 0.0103. The molecule has 1 aromatic heterocycles. The molecule has 2 aliphatic rings. The van der Waals surface area contributed by atoms with Crippen LogP contribution in [0.3, 0.4) is 0 Å². The highest BCUT2D eigenvalue weighted by Crippen LogP contribution is 2.44. The van der Waals surface area contributed by atoms with Crippen molar-refractivity contribution in [3.05, 3.63) is 34.2 Å². The van der Waals surface area contributed by atoms with E-state index in [-0.39, 0.29) is 12.2 Å². The first-order chi connectivity index (χ1) is 14.6. The molecule has 7 nitrogen and oxygen atoms in total. The number of hydrogen-bond acceptors (Lipinski definition) is 4. The first-order valence-electron chi connectivity index (χ1n) is 11.0. The van der Waals surface area contributed by atoms with E-state index in [4.69, 9.17) is 9.47 Å². The van der Waals surface area contributed by atoms with Crippen molar-refractivity contribution in [3.63, 3.8) is 0 Å². The predicted molar refractivity (Wildman–Crippen MR) is 116 cm³/mol. The number of nitrogens with one attached hydrogen (secondary N) is 1. The molecule has 0 unspecified atom stereocenters. The average molecular weight is 434 g/mol. The lowest BCUT2D eigenvalue weighted by Crippen LogP contribution is -2.50. The molecule has 2 aromatic rings. The number of aromatic amines is 1. The van der Waals surface area contributed by atoms with Gasteiger partial charge in [0.1, 0.15) is 11.8 Å². The van der Waals surface area contributed by atoms with Gasteiger partial charge in [-0.15, -0.1) is 0 Å². The van der Waals surface area contributed by atoms with Gasteiger partial charge in [-0.3, -0.25) is 4.57 Å². The number of alkyl halides is 1. The van der Waals surface area contributed by atoms with Crippen molar-refractivity contribution in [2.24, 2.45) is 13.0 Å². The SMILES string of the molecule is Cn1c(=O)[nH]c2cccc([C@H]3C[C@H](CO[C@H]4CCN(C(=O)OC(C)(C)C)C[C@@H]4F)C3)c21. The number of benzene rings is 1. The van der Waals surface area contributed by atoms with Gasteiger partial charge in [-0.1, -0.05) is 12.1 Å². The summed E-state index contributed by atoms with van der Waals surface area (Å²) in [5.74, 6) is 0.765. The van der Waals surface area contributed by atoms with Crippen molar-refractivity contribution in [3.8, 4) is 0 Å². The van der Waals surface area contributed by atoms with Crippen LogP contribution in [0.4, 0.5) is 9.18 Å². The van der Waals surface area contributed by atoms with Crippen LogP contribution in [0, 0.1) is 5.92 Å². The van der Waals surface area contributed by atoms with E-state index in [1.165, 1.54) is 10.5 Å². The molecule has 2 atom stereocenters. The van der Waals surface area contributed by atoms with Crippen LogP contribution in [0.1, 0.15) is 51.5 Å². The van der Waals surface area contributed by atoms with E-state index >= 15 is 0 Å². The summed E-state index contributed by atoms with van der Waals surface area (Å²) >= 11 is 0. The fraction of sp³-hybridized carbons (Fsp3) is 0.652.